The number of likely N-dealkylation sites (N-methyl/N-ethyl adjacent to an activating group) is 1. The fraction of sp³-hybridized carbons (Fsp3) is 0.423. The number of anilines is 1. The number of ether oxygens (including phenoxy) is 2. The first-order chi connectivity index (χ1) is 16.9. The minimum Gasteiger partial charge on any atom is -0.490 e. The summed E-state index contributed by atoms with van der Waals surface area (Å²) in [5, 5.41) is 6.25. The number of fused-ring (bicyclic) bond motifs is 2. The number of carbonyl (C=O) groups excluding carboxylic acids is 3. The minimum absolute atomic E-state index is 0.0231. The Bertz CT molecular complexity index is 1090. The first-order valence-corrected chi connectivity index (χ1v) is 12.3. The van der Waals surface area contributed by atoms with Gasteiger partial charge in [0.05, 0.1) is 24.1 Å². The van der Waals surface area contributed by atoms with Gasteiger partial charge in [-0.05, 0) is 61.7 Å². The Kier molecular flexibility index (Phi) is 7.93. The summed E-state index contributed by atoms with van der Waals surface area (Å²) in [5.41, 5.74) is 1.33. The van der Waals surface area contributed by atoms with Gasteiger partial charge in [0, 0.05) is 29.9 Å². The van der Waals surface area contributed by atoms with Crippen LogP contribution in [0.4, 0.5) is 5.69 Å². The zero-order chi connectivity index (χ0) is 24.9. The molecule has 0 spiro atoms. The van der Waals surface area contributed by atoms with Crippen LogP contribution in [-0.2, 0) is 9.53 Å². The van der Waals surface area contributed by atoms with Crippen LogP contribution in [0.25, 0.3) is 0 Å². The SMILES string of the molecule is CCCNC(=O)C[C@@H]1CC[C@H]2[C@@H](COc3ccc(NC(=O)c4ccc(Cl)cc4)cc3C(=O)N2C)O1. The molecule has 0 unspecified atom stereocenters. The Morgan fingerprint density at radius 3 is 2.66 bits per heavy atom. The predicted octanol–water partition coefficient (Wildman–Crippen LogP) is 3.89. The Hall–Kier alpha value is -3.10. The van der Waals surface area contributed by atoms with E-state index < -0.39 is 0 Å². The molecular weight excluding hydrogens is 470 g/mol. The summed E-state index contributed by atoms with van der Waals surface area (Å²) in [6.45, 7) is 2.92. The number of hydrogen-bond donors (Lipinski definition) is 2. The summed E-state index contributed by atoms with van der Waals surface area (Å²) < 4.78 is 12.2. The van der Waals surface area contributed by atoms with E-state index in [1.807, 2.05) is 6.92 Å². The van der Waals surface area contributed by atoms with Crippen molar-refractivity contribution in [2.75, 3.05) is 25.5 Å². The van der Waals surface area contributed by atoms with Crippen molar-refractivity contribution in [2.45, 2.75) is 50.9 Å². The lowest BCUT2D eigenvalue weighted by Crippen LogP contribution is -2.54. The Morgan fingerprint density at radius 1 is 1.14 bits per heavy atom. The molecule has 2 aliphatic rings. The predicted molar refractivity (Wildman–Crippen MR) is 133 cm³/mol. The van der Waals surface area contributed by atoms with E-state index >= 15 is 0 Å². The van der Waals surface area contributed by atoms with E-state index in [9.17, 15) is 14.4 Å². The molecule has 1 saturated heterocycles. The summed E-state index contributed by atoms with van der Waals surface area (Å²) in [5.74, 6) is -0.106. The molecule has 0 bridgehead atoms. The quantitative estimate of drug-likeness (QED) is 0.628. The largest absolute Gasteiger partial charge is 0.490 e. The molecule has 8 nitrogen and oxygen atoms in total. The fourth-order valence-electron chi connectivity index (χ4n) is 4.45. The Labute approximate surface area is 209 Å². The van der Waals surface area contributed by atoms with E-state index in [0.717, 1.165) is 6.42 Å². The maximum Gasteiger partial charge on any atom is 0.257 e. The van der Waals surface area contributed by atoms with Gasteiger partial charge in [-0.3, -0.25) is 14.4 Å². The molecule has 2 aromatic rings. The molecule has 0 aliphatic carbocycles. The van der Waals surface area contributed by atoms with E-state index in [2.05, 4.69) is 10.6 Å². The molecule has 2 N–H and O–H groups in total. The number of nitrogens with zero attached hydrogens (tertiary/aromatic N) is 1. The summed E-state index contributed by atoms with van der Waals surface area (Å²) in [6.07, 6.45) is 2.04. The van der Waals surface area contributed by atoms with Crippen LogP contribution in [0.2, 0.25) is 5.02 Å². The van der Waals surface area contributed by atoms with Crippen molar-refractivity contribution >= 4 is 35.0 Å². The fourth-order valence-corrected chi connectivity index (χ4v) is 4.58. The molecule has 3 atom stereocenters. The van der Waals surface area contributed by atoms with Crippen LogP contribution >= 0.6 is 11.6 Å². The Morgan fingerprint density at radius 2 is 1.91 bits per heavy atom. The number of nitrogens with one attached hydrogen (secondary N) is 2. The number of rotatable bonds is 6. The molecule has 2 heterocycles. The summed E-state index contributed by atoms with van der Waals surface area (Å²) >= 11 is 5.90. The number of benzene rings is 2. The number of halogens is 1. The van der Waals surface area contributed by atoms with Crippen molar-refractivity contribution in [3.05, 3.63) is 58.6 Å². The van der Waals surface area contributed by atoms with E-state index in [0.29, 0.717) is 53.4 Å². The van der Waals surface area contributed by atoms with Crippen LogP contribution < -0.4 is 15.4 Å². The normalized spacial score (nSPS) is 21.6. The van der Waals surface area contributed by atoms with Crippen LogP contribution in [-0.4, -0.2) is 61.1 Å². The van der Waals surface area contributed by atoms with Crippen molar-refractivity contribution < 1.29 is 23.9 Å². The van der Waals surface area contributed by atoms with E-state index in [1.165, 1.54) is 0 Å². The van der Waals surface area contributed by atoms with Crippen LogP contribution in [0, 0.1) is 0 Å². The van der Waals surface area contributed by atoms with Crippen molar-refractivity contribution in [3.63, 3.8) is 0 Å². The lowest BCUT2D eigenvalue weighted by molar-refractivity contribution is -0.134. The Balaban J connectivity index is 1.46. The van der Waals surface area contributed by atoms with Gasteiger partial charge in [0.15, 0.2) is 0 Å². The van der Waals surface area contributed by atoms with Gasteiger partial charge in [0.1, 0.15) is 18.5 Å². The lowest BCUT2D eigenvalue weighted by atomic mass is 9.94. The first-order valence-electron chi connectivity index (χ1n) is 11.9. The van der Waals surface area contributed by atoms with Crippen molar-refractivity contribution in [1.82, 2.24) is 10.2 Å². The van der Waals surface area contributed by atoms with Crippen LogP contribution in [0.1, 0.15) is 53.3 Å². The highest BCUT2D eigenvalue weighted by molar-refractivity contribution is 6.30. The molecule has 3 amide bonds. The van der Waals surface area contributed by atoms with Gasteiger partial charge in [0.2, 0.25) is 5.91 Å². The second-order valence-electron chi connectivity index (χ2n) is 8.89. The molecule has 9 heteroatoms. The highest BCUT2D eigenvalue weighted by Gasteiger charge is 2.39. The number of carbonyl (C=O) groups is 3. The molecule has 0 radical (unpaired) electrons. The maximum absolute atomic E-state index is 13.4. The van der Waals surface area contributed by atoms with Crippen molar-refractivity contribution in [2.24, 2.45) is 0 Å². The third-order valence-electron chi connectivity index (χ3n) is 6.36. The van der Waals surface area contributed by atoms with Gasteiger partial charge < -0.3 is 25.0 Å². The van der Waals surface area contributed by atoms with E-state index in [4.69, 9.17) is 21.1 Å². The van der Waals surface area contributed by atoms with Gasteiger partial charge in [-0.15, -0.1) is 0 Å². The molecule has 0 aromatic heterocycles. The molecule has 2 aliphatic heterocycles. The minimum atomic E-state index is -0.334. The maximum atomic E-state index is 13.4. The summed E-state index contributed by atoms with van der Waals surface area (Å²) in [7, 11) is 1.76. The molecular formula is C26H30ClN3O5. The average molecular weight is 500 g/mol. The van der Waals surface area contributed by atoms with Crippen LogP contribution in [0.3, 0.4) is 0 Å². The van der Waals surface area contributed by atoms with E-state index in [1.54, 1.807) is 54.4 Å². The second-order valence-corrected chi connectivity index (χ2v) is 9.33. The highest BCUT2D eigenvalue weighted by atomic mass is 35.5. The molecule has 1 fully saturated rings. The van der Waals surface area contributed by atoms with Crippen LogP contribution in [0.5, 0.6) is 5.75 Å². The standard InChI is InChI=1S/C26H30ClN3O5/c1-3-12-28-24(31)14-19-9-10-21-23(35-19)15-34-22-11-8-18(13-20(22)26(33)30(21)2)29-25(32)16-4-6-17(27)7-5-16/h4-8,11,13,19,21,23H,3,9-10,12,14-15H2,1-2H3,(H,28,31)(H,29,32)/t19-,21-,23+/m0/s1. The van der Waals surface area contributed by atoms with Crippen molar-refractivity contribution in [1.29, 1.82) is 0 Å². The topological polar surface area (TPSA) is 97.0 Å². The van der Waals surface area contributed by atoms with E-state index in [-0.39, 0.29) is 42.6 Å². The molecule has 2 aromatic carbocycles. The van der Waals surface area contributed by atoms with Gasteiger partial charge in [0.25, 0.3) is 11.8 Å². The van der Waals surface area contributed by atoms with Gasteiger partial charge in [-0.2, -0.15) is 0 Å². The third kappa shape index (κ3) is 5.94. The molecule has 186 valence electrons. The van der Waals surface area contributed by atoms with Gasteiger partial charge in [-0.1, -0.05) is 18.5 Å². The first kappa shape index (κ1) is 25.0. The lowest BCUT2D eigenvalue weighted by Gasteiger charge is -2.42. The second kappa shape index (κ2) is 11.1. The number of amides is 3. The number of hydrogen-bond acceptors (Lipinski definition) is 5. The highest BCUT2D eigenvalue weighted by Crippen LogP contribution is 2.32. The summed E-state index contributed by atoms with van der Waals surface area (Å²) in [4.78, 5) is 39.8. The average Bonchev–Trinajstić information content (AvgIpc) is 2.85. The molecule has 35 heavy (non-hydrogen) atoms. The third-order valence-corrected chi connectivity index (χ3v) is 6.61. The zero-order valence-corrected chi connectivity index (χ0v) is 20.6. The smallest absolute Gasteiger partial charge is 0.257 e. The van der Waals surface area contributed by atoms with Gasteiger partial charge in [-0.25, -0.2) is 0 Å². The zero-order valence-electron chi connectivity index (χ0n) is 19.9. The van der Waals surface area contributed by atoms with Gasteiger partial charge >= 0.3 is 0 Å². The molecule has 0 saturated carbocycles. The molecule has 4 rings (SSSR count). The van der Waals surface area contributed by atoms with Crippen LogP contribution in [0.15, 0.2) is 42.5 Å². The summed E-state index contributed by atoms with van der Waals surface area (Å²) in [6, 6.07) is 11.4. The monoisotopic (exact) mass is 499 g/mol. The van der Waals surface area contributed by atoms with Crippen molar-refractivity contribution in [3.8, 4) is 5.75 Å².